The van der Waals surface area contributed by atoms with Crippen LogP contribution in [0.3, 0.4) is 0 Å². The van der Waals surface area contributed by atoms with Crippen molar-refractivity contribution in [1.82, 2.24) is 5.43 Å². The molecule has 0 heterocycles. The van der Waals surface area contributed by atoms with Crippen LogP contribution in [0.15, 0.2) is 41.5 Å². The molecule has 3 N–H and O–H groups in total. The third-order valence-electron chi connectivity index (χ3n) is 3.41. The molecule has 1 amide bonds. The molecule has 142 valence electrons. The molecule has 0 aliphatic carbocycles. The molecule has 0 unspecified atom stereocenters. The van der Waals surface area contributed by atoms with Crippen molar-refractivity contribution >= 4 is 23.5 Å². The molecule has 0 saturated carbocycles. The summed E-state index contributed by atoms with van der Waals surface area (Å²) in [6.45, 7) is 3.51. The number of anilines is 1. The molecule has 0 radical (unpaired) electrons. The molecular weight excluding hydrogens is 352 g/mol. The summed E-state index contributed by atoms with van der Waals surface area (Å²) in [7, 11) is 1.38. The number of nitrogens with zero attached hydrogens (tertiary/aromatic N) is 2. The number of nitro benzene ring substituents is 1. The fourth-order valence-corrected chi connectivity index (χ4v) is 2.25. The zero-order chi connectivity index (χ0) is 20.0. The van der Waals surface area contributed by atoms with Crippen LogP contribution in [-0.2, 0) is 0 Å². The van der Waals surface area contributed by atoms with E-state index in [2.05, 4.69) is 10.5 Å². The highest BCUT2D eigenvalue weighted by molar-refractivity contribution is 5.99. The van der Waals surface area contributed by atoms with Crippen molar-refractivity contribution in [3.8, 4) is 11.5 Å². The second-order valence-corrected chi connectivity index (χ2v) is 5.78. The maximum absolute atomic E-state index is 12.1. The maximum Gasteiger partial charge on any atom is 0.315 e. The number of rotatable bonds is 7. The predicted molar refractivity (Wildman–Crippen MR) is 101 cm³/mol. The lowest BCUT2D eigenvalue weighted by Crippen LogP contribution is -2.19. The Balaban J connectivity index is 2.26. The number of ether oxygens (including phenoxy) is 2. The van der Waals surface area contributed by atoms with Gasteiger partial charge in [0.2, 0.25) is 5.75 Å². The summed E-state index contributed by atoms with van der Waals surface area (Å²) in [6.07, 6.45) is 0.999. The lowest BCUT2D eigenvalue weighted by molar-refractivity contribution is -0.386. The Morgan fingerprint density at radius 1 is 1.33 bits per heavy atom. The van der Waals surface area contributed by atoms with Crippen molar-refractivity contribution in [2.45, 2.75) is 20.0 Å². The first-order chi connectivity index (χ1) is 12.8. The van der Waals surface area contributed by atoms with Gasteiger partial charge in [0.1, 0.15) is 0 Å². The molecule has 0 bridgehead atoms. The number of carbonyl (C=O) groups is 1. The van der Waals surface area contributed by atoms with Crippen LogP contribution in [0.2, 0.25) is 0 Å². The molecule has 0 saturated heterocycles. The minimum atomic E-state index is -0.569. The molecule has 2 aromatic rings. The van der Waals surface area contributed by atoms with Crippen LogP contribution >= 0.6 is 0 Å². The van der Waals surface area contributed by atoms with E-state index in [1.165, 1.54) is 25.5 Å². The molecule has 0 spiro atoms. The number of hydrazone groups is 1. The highest BCUT2D eigenvalue weighted by Gasteiger charge is 2.23. The number of methoxy groups -OCH3 is 1. The number of carbonyl (C=O) groups excluding carboxylic acids is 1. The van der Waals surface area contributed by atoms with Crippen molar-refractivity contribution in [2.24, 2.45) is 5.10 Å². The Hall–Kier alpha value is -3.62. The number of nitro groups is 1. The molecule has 0 aliphatic rings. The zero-order valence-corrected chi connectivity index (χ0v) is 15.1. The van der Waals surface area contributed by atoms with Crippen LogP contribution in [0.25, 0.3) is 0 Å². The maximum atomic E-state index is 12.1. The topological polar surface area (TPSA) is 129 Å². The zero-order valence-electron chi connectivity index (χ0n) is 15.1. The Morgan fingerprint density at radius 2 is 2.04 bits per heavy atom. The minimum Gasteiger partial charge on any atom is -0.493 e. The first-order valence-electron chi connectivity index (χ1n) is 8.04. The molecular formula is C18H20N4O5. The molecule has 2 aromatic carbocycles. The van der Waals surface area contributed by atoms with E-state index in [9.17, 15) is 14.9 Å². The van der Waals surface area contributed by atoms with Crippen molar-refractivity contribution < 1.29 is 19.2 Å². The van der Waals surface area contributed by atoms with Gasteiger partial charge in [0.05, 0.1) is 29.9 Å². The summed E-state index contributed by atoms with van der Waals surface area (Å²) < 4.78 is 10.7. The van der Waals surface area contributed by atoms with Gasteiger partial charge in [0.25, 0.3) is 5.91 Å². The number of nitrogens with two attached hydrogens (primary N) is 1. The van der Waals surface area contributed by atoms with Crippen LogP contribution in [0.1, 0.15) is 29.8 Å². The van der Waals surface area contributed by atoms with Crippen LogP contribution < -0.4 is 20.6 Å². The van der Waals surface area contributed by atoms with Gasteiger partial charge in [-0.15, -0.1) is 0 Å². The van der Waals surface area contributed by atoms with E-state index in [1.807, 2.05) is 0 Å². The first-order valence-corrected chi connectivity index (χ1v) is 8.04. The Bertz CT molecular complexity index is 880. The molecule has 0 atom stereocenters. The third-order valence-corrected chi connectivity index (χ3v) is 3.41. The normalized spacial score (nSPS) is 10.8. The number of hydrogen-bond donors (Lipinski definition) is 2. The second kappa shape index (κ2) is 8.65. The number of benzene rings is 2. The molecule has 9 nitrogen and oxygen atoms in total. The van der Waals surface area contributed by atoms with Crippen LogP contribution in [0.4, 0.5) is 11.4 Å². The molecule has 2 rings (SSSR count). The average Bonchev–Trinajstić information content (AvgIpc) is 2.62. The van der Waals surface area contributed by atoms with E-state index in [4.69, 9.17) is 15.2 Å². The summed E-state index contributed by atoms with van der Waals surface area (Å²) in [5.41, 5.74) is 8.75. The average molecular weight is 372 g/mol. The monoisotopic (exact) mass is 372 g/mol. The fourth-order valence-electron chi connectivity index (χ4n) is 2.25. The van der Waals surface area contributed by atoms with Gasteiger partial charge < -0.3 is 15.2 Å². The second-order valence-electron chi connectivity index (χ2n) is 5.78. The number of nitrogen functional groups attached to an aromatic ring is 1. The molecule has 0 aromatic heterocycles. The molecule has 0 aliphatic heterocycles. The van der Waals surface area contributed by atoms with Gasteiger partial charge in [-0.25, -0.2) is 5.43 Å². The fraction of sp³-hybridized carbons (Fsp3) is 0.222. The van der Waals surface area contributed by atoms with E-state index < -0.39 is 10.8 Å². The summed E-state index contributed by atoms with van der Waals surface area (Å²) in [5, 5.41) is 15.2. The van der Waals surface area contributed by atoms with Crippen LogP contribution in [0, 0.1) is 10.1 Å². The van der Waals surface area contributed by atoms with Gasteiger partial charge in [0, 0.05) is 17.3 Å². The summed E-state index contributed by atoms with van der Waals surface area (Å²) in [6, 6.07) is 9.36. The first kappa shape index (κ1) is 19.7. The van der Waals surface area contributed by atoms with E-state index in [0.29, 0.717) is 11.3 Å². The van der Waals surface area contributed by atoms with Gasteiger partial charge in [0.15, 0.2) is 5.75 Å². The molecule has 9 heteroatoms. The van der Waals surface area contributed by atoms with Crippen molar-refractivity contribution in [3.63, 3.8) is 0 Å². The summed E-state index contributed by atoms with van der Waals surface area (Å²) in [4.78, 5) is 22.9. The number of para-hydroxylation sites is 1. The Labute approximate surface area is 155 Å². The van der Waals surface area contributed by atoms with Crippen LogP contribution in [-0.4, -0.2) is 30.3 Å². The lowest BCUT2D eigenvalue weighted by atomic mass is 10.1. The van der Waals surface area contributed by atoms with Crippen LogP contribution in [0.5, 0.6) is 11.5 Å². The molecule has 27 heavy (non-hydrogen) atoms. The smallest absolute Gasteiger partial charge is 0.315 e. The largest absolute Gasteiger partial charge is 0.493 e. The quantitative estimate of drug-likeness (QED) is 0.333. The Kier molecular flexibility index (Phi) is 6.32. The van der Waals surface area contributed by atoms with Gasteiger partial charge >= 0.3 is 5.69 Å². The predicted octanol–water partition coefficient (Wildman–Crippen LogP) is 2.74. The highest BCUT2D eigenvalue weighted by Crippen LogP contribution is 2.38. The van der Waals surface area contributed by atoms with Crippen molar-refractivity contribution in [1.29, 1.82) is 0 Å². The van der Waals surface area contributed by atoms with E-state index in [1.54, 1.807) is 38.1 Å². The lowest BCUT2D eigenvalue weighted by Gasteiger charge is -2.14. The van der Waals surface area contributed by atoms with Crippen molar-refractivity contribution in [3.05, 3.63) is 57.6 Å². The Morgan fingerprint density at radius 3 is 2.63 bits per heavy atom. The minimum absolute atomic E-state index is 0.0377. The highest BCUT2D eigenvalue weighted by atomic mass is 16.6. The van der Waals surface area contributed by atoms with Gasteiger partial charge in [-0.3, -0.25) is 14.9 Å². The number of nitrogens with one attached hydrogen (secondary N) is 1. The summed E-state index contributed by atoms with van der Waals surface area (Å²) in [5.74, 6) is -0.265. The van der Waals surface area contributed by atoms with E-state index in [-0.39, 0.29) is 28.9 Å². The number of hydrogen-bond acceptors (Lipinski definition) is 7. The van der Waals surface area contributed by atoms with Gasteiger partial charge in [-0.2, -0.15) is 5.10 Å². The van der Waals surface area contributed by atoms with Gasteiger partial charge in [-0.05, 0) is 32.0 Å². The van der Waals surface area contributed by atoms with E-state index >= 15 is 0 Å². The summed E-state index contributed by atoms with van der Waals surface area (Å²) >= 11 is 0. The van der Waals surface area contributed by atoms with Gasteiger partial charge in [-0.1, -0.05) is 12.1 Å². The SMILES string of the molecule is COc1cc(/C=N\NC(=O)c2ccccc2N)cc([N+](=O)[O-])c1OC(C)C. The molecule has 0 fully saturated rings. The van der Waals surface area contributed by atoms with Crippen molar-refractivity contribution in [2.75, 3.05) is 12.8 Å². The number of amides is 1. The third kappa shape index (κ3) is 4.94. The van der Waals surface area contributed by atoms with E-state index in [0.717, 1.165) is 0 Å². The standard InChI is InChI=1S/C18H20N4O5/c1-11(2)27-17-15(22(24)25)8-12(9-16(17)26-3)10-20-21-18(23)13-6-4-5-7-14(13)19/h4-11H,19H2,1-3H3,(H,21,23)/b20-10-.